The summed E-state index contributed by atoms with van der Waals surface area (Å²) in [6, 6.07) is 0. The molecule has 0 aliphatic carbocycles. The highest BCUT2D eigenvalue weighted by Gasteiger charge is 2.39. The summed E-state index contributed by atoms with van der Waals surface area (Å²) in [5.74, 6) is 0. The van der Waals surface area contributed by atoms with Gasteiger partial charge in [0.1, 0.15) is 0 Å². The summed E-state index contributed by atoms with van der Waals surface area (Å²) in [5.41, 5.74) is -0.192. The van der Waals surface area contributed by atoms with Gasteiger partial charge in [0, 0.05) is 19.8 Å². The van der Waals surface area contributed by atoms with Gasteiger partial charge < -0.3 is 18.6 Å². The molecule has 0 aromatic heterocycles. The van der Waals surface area contributed by atoms with E-state index in [-0.39, 0.29) is 5.60 Å². The van der Waals surface area contributed by atoms with Crippen molar-refractivity contribution >= 4 is 8.80 Å². The monoisotopic (exact) mass is 263 g/mol. The molecule has 0 fully saturated rings. The highest BCUT2D eigenvalue weighted by Crippen LogP contribution is 2.23. The summed E-state index contributed by atoms with van der Waals surface area (Å²) in [4.78, 5) is 0. The molecule has 0 unspecified atom stereocenters. The lowest BCUT2D eigenvalue weighted by atomic mass is 10.0. The van der Waals surface area contributed by atoms with E-state index in [1.54, 1.807) is 0 Å². The van der Waals surface area contributed by atoms with Crippen LogP contribution < -0.4 is 5.32 Å². The summed E-state index contributed by atoms with van der Waals surface area (Å²) >= 11 is 0. The van der Waals surface area contributed by atoms with Crippen LogP contribution >= 0.6 is 0 Å². The van der Waals surface area contributed by atoms with Crippen LogP contribution in [0.2, 0.25) is 6.55 Å². The van der Waals surface area contributed by atoms with Gasteiger partial charge in [-0.1, -0.05) is 0 Å². The minimum atomic E-state index is -2.47. The predicted molar refractivity (Wildman–Crippen MR) is 73.2 cm³/mol. The average Bonchev–Trinajstić information content (AvgIpc) is 2.17. The molecule has 5 heteroatoms. The zero-order valence-corrected chi connectivity index (χ0v) is 13.3. The first-order valence-corrected chi connectivity index (χ1v) is 8.74. The zero-order chi connectivity index (χ0) is 13.4. The Hall–Kier alpha value is 0.0569. The van der Waals surface area contributed by atoms with Crippen LogP contribution in [-0.2, 0) is 13.3 Å². The van der Waals surface area contributed by atoms with E-state index < -0.39 is 8.80 Å². The number of hydrogen-bond acceptors (Lipinski definition) is 4. The molecule has 0 atom stereocenters. The van der Waals surface area contributed by atoms with Gasteiger partial charge in [-0.3, -0.25) is 0 Å². The van der Waals surface area contributed by atoms with E-state index >= 15 is 0 Å². The van der Waals surface area contributed by atoms with Crippen LogP contribution in [0.3, 0.4) is 0 Å². The summed E-state index contributed by atoms with van der Waals surface area (Å²) in [6.07, 6.45) is 2.09. The summed E-state index contributed by atoms with van der Waals surface area (Å²) in [6.45, 7) is 12.4. The Kier molecular flexibility index (Phi) is 8.24. The molecule has 0 aliphatic rings. The number of rotatable bonds is 10. The highest BCUT2D eigenvalue weighted by atomic mass is 28.4. The molecule has 0 amide bonds. The lowest BCUT2D eigenvalue weighted by Gasteiger charge is -2.35. The lowest BCUT2D eigenvalue weighted by Crippen LogP contribution is -2.49. The SMILES string of the molecule is CCO[Si](C)(OCC)OC(C)(C)CCCNC. The van der Waals surface area contributed by atoms with Crippen molar-refractivity contribution in [3.8, 4) is 0 Å². The van der Waals surface area contributed by atoms with Crippen LogP contribution in [0.1, 0.15) is 40.5 Å². The van der Waals surface area contributed by atoms with Crippen molar-refractivity contribution in [1.29, 1.82) is 0 Å². The van der Waals surface area contributed by atoms with Crippen LogP contribution in [0, 0.1) is 0 Å². The smallest absolute Gasteiger partial charge is 0.374 e. The van der Waals surface area contributed by atoms with Gasteiger partial charge in [-0.05, 0) is 54.1 Å². The Labute approximate surface area is 107 Å². The van der Waals surface area contributed by atoms with Gasteiger partial charge in [0.05, 0.1) is 5.60 Å². The van der Waals surface area contributed by atoms with Gasteiger partial charge in [-0.25, -0.2) is 0 Å². The largest absolute Gasteiger partial charge is 0.498 e. The molecule has 0 saturated heterocycles. The Morgan fingerprint density at radius 3 is 2.06 bits per heavy atom. The van der Waals surface area contributed by atoms with Crippen LogP contribution in [0.4, 0.5) is 0 Å². The van der Waals surface area contributed by atoms with E-state index in [4.69, 9.17) is 13.3 Å². The predicted octanol–water partition coefficient (Wildman–Crippen LogP) is 2.42. The fraction of sp³-hybridized carbons (Fsp3) is 1.00. The quantitative estimate of drug-likeness (QED) is 0.485. The Bertz CT molecular complexity index is 194. The van der Waals surface area contributed by atoms with Crippen molar-refractivity contribution < 1.29 is 13.3 Å². The van der Waals surface area contributed by atoms with Gasteiger partial charge in [0.2, 0.25) is 0 Å². The van der Waals surface area contributed by atoms with Gasteiger partial charge in [-0.15, -0.1) is 0 Å². The van der Waals surface area contributed by atoms with E-state index in [0.29, 0.717) is 13.2 Å². The molecule has 4 nitrogen and oxygen atoms in total. The molecule has 1 N–H and O–H groups in total. The third-order valence-corrected chi connectivity index (χ3v) is 5.03. The van der Waals surface area contributed by atoms with Crippen molar-refractivity contribution in [3.05, 3.63) is 0 Å². The first-order chi connectivity index (χ1) is 7.89. The van der Waals surface area contributed by atoms with Crippen LogP contribution in [0.5, 0.6) is 0 Å². The zero-order valence-electron chi connectivity index (χ0n) is 12.3. The molecule has 0 rings (SSSR count). The second kappa shape index (κ2) is 8.21. The molecule has 104 valence electrons. The Morgan fingerprint density at radius 2 is 1.65 bits per heavy atom. The summed E-state index contributed by atoms with van der Waals surface area (Å²) in [5, 5.41) is 3.15. The number of hydrogen-bond donors (Lipinski definition) is 1. The second-order valence-electron chi connectivity index (χ2n) is 4.80. The standard InChI is InChI=1S/C12H29NO3Si/c1-7-14-17(6,15-8-2)16-12(3,4)10-9-11-13-5/h13H,7-11H2,1-6H3. The maximum atomic E-state index is 6.12. The topological polar surface area (TPSA) is 39.7 Å². The van der Waals surface area contributed by atoms with E-state index in [9.17, 15) is 0 Å². The minimum Gasteiger partial charge on any atom is -0.374 e. The third-order valence-electron chi connectivity index (χ3n) is 2.48. The average molecular weight is 263 g/mol. The number of nitrogens with one attached hydrogen (secondary N) is 1. The molecule has 17 heavy (non-hydrogen) atoms. The highest BCUT2D eigenvalue weighted by molar-refractivity contribution is 6.59. The van der Waals surface area contributed by atoms with Gasteiger partial charge >= 0.3 is 8.80 Å². The Balaban J connectivity index is 4.29. The lowest BCUT2D eigenvalue weighted by molar-refractivity contribution is -0.0106. The molecular weight excluding hydrogens is 234 g/mol. The summed E-state index contributed by atoms with van der Waals surface area (Å²) in [7, 11) is -0.500. The van der Waals surface area contributed by atoms with E-state index in [2.05, 4.69) is 19.2 Å². The first kappa shape index (κ1) is 17.1. The molecule has 0 heterocycles. The van der Waals surface area contributed by atoms with Gasteiger partial charge in [0.25, 0.3) is 0 Å². The molecule has 0 spiro atoms. The minimum absolute atomic E-state index is 0.192. The molecule has 0 aliphatic heterocycles. The van der Waals surface area contributed by atoms with E-state index in [1.165, 1.54) is 0 Å². The van der Waals surface area contributed by atoms with Crippen LogP contribution in [0.15, 0.2) is 0 Å². The summed E-state index contributed by atoms with van der Waals surface area (Å²) < 4.78 is 17.5. The first-order valence-electron chi connectivity index (χ1n) is 6.52. The van der Waals surface area contributed by atoms with E-state index in [0.717, 1.165) is 19.4 Å². The van der Waals surface area contributed by atoms with Crippen LogP contribution in [0.25, 0.3) is 0 Å². The second-order valence-corrected chi connectivity index (χ2v) is 7.30. The van der Waals surface area contributed by atoms with Crippen LogP contribution in [-0.4, -0.2) is 41.2 Å². The van der Waals surface area contributed by atoms with Crippen molar-refractivity contribution in [2.24, 2.45) is 0 Å². The molecule has 0 bridgehead atoms. The fourth-order valence-electron chi connectivity index (χ4n) is 1.87. The van der Waals surface area contributed by atoms with Gasteiger partial charge in [0.15, 0.2) is 0 Å². The van der Waals surface area contributed by atoms with Crippen molar-refractivity contribution in [2.45, 2.75) is 52.7 Å². The molecule has 0 radical (unpaired) electrons. The molecule has 0 aromatic carbocycles. The molecule has 0 aromatic rings. The normalized spacial score (nSPS) is 13.1. The van der Waals surface area contributed by atoms with Crippen molar-refractivity contribution in [3.63, 3.8) is 0 Å². The maximum absolute atomic E-state index is 6.12. The fourth-order valence-corrected chi connectivity index (χ4v) is 4.22. The van der Waals surface area contributed by atoms with E-state index in [1.807, 2.05) is 27.4 Å². The third kappa shape index (κ3) is 7.89. The van der Waals surface area contributed by atoms with Crippen molar-refractivity contribution in [2.75, 3.05) is 26.8 Å². The van der Waals surface area contributed by atoms with Crippen molar-refractivity contribution in [1.82, 2.24) is 5.32 Å². The van der Waals surface area contributed by atoms with Gasteiger partial charge in [-0.2, -0.15) is 0 Å². The maximum Gasteiger partial charge on any atom is 0.498 e. The Morgan fingerprint density at radius 1 is 1.12 bits per heavy atom. The molecular formula is C12H29NO3Si. The molecule has 0 saturated carbocycles.